The first kappa shape index (κ1) is 15.5. The minimum Gasteiger partial charge on any atom is -0.388 e. The van der Waals surface area contributed by atoms with Crippen LogP contribution < -0.4 is 0 Å². The summed E-state index contributed by atoms with van der Waals surface area (Å²) >= 11 is 0. The van der Waals surface area contributed by atoms with Gasteiger partial charge in [0, 0.05) is 12.6 Å². The second-order valence-electron chi connectivity index (χ2n) is 5.10. The molecular formula is C15H24ClNO. The Morgan fingerprint density at radius 2 is 2.00 bits per heavy atom. The van der Waals surface area contributed by atoms with Crippen LogP contribution in [0.3, 0.4) is 0 Å². The highest BCUT2D eigenvalue weighted by Crippen LogP contribution is 2.20. The van der Waals surface area contributed by atoms with Crippen LogP contribution in [-0.4, -0.2) is 29.1 Å². The lowest BCUT2D eigenvalue weighted by Gasteiger charge is -2.33. The molecule has 1 aromatic carbocycles. The van der Waals surface area contributed by atoms with Crippen LogP contribution in [0.25, 0.3) is 0 Å². The summed E-state index contributed by atoms with van der Waals surface area (Å²) in [6.07, 6.45) is 4.51. The first-order valence-corrected chi connectivity index (χ1v) is 6.74. The van der Waals surface area contributed by atoms with Gasteiger partial charge in [-0.3, -0.25) is 0 Å². The highest BCUT2D eigenvalue weighted by atomic mass is 35.5. The molecule has 1 fully saturated rings. The van der Waals surface area contributed by atoms with Gasteiger partial charge >= 0.3 is 0 Å². The van der Waals surface area contributed by atoms with Gasteiger partial charge in [-0.15, -0.1) is 12.4 Å². The Bertz CT molecular complexity index is 331. The van der Waals surface area contributed by atoms with Crippen LogP contribution in [0.2, 0.25) is 0 Å². The van der Waals surface area contributed by atoms with Gasteiger partial charge < -0.3 is 10.0 Å². The smallest absolute Gasteiger partial charge is 0.0802 e. The molecule has 18 heavy (non-hydrogen) atoms. The molecule has 1 aliphatic heterocycles. The third-order valence-electron chi connectivity index (χ3n) is 3.81. The molecule has 0 amide bonds. The Kier molecular flexibility index (Phi) is 6.69. The predicted molar refractivity (Wildman–Crippen MR) is 78.2 cm³/mol. The highest BCUT2D eigenvalue weighted by molar-refractivity contribution is 5.85. The predicted octanol–water partition coefficient (Wildman–Crippen LogP) is 3.41. The number of benzene rings is 1. The van der Waals surface area contributed by atoms with Crippen molar-refractivity contribution >= 4 is 12.4 Å². The summed E-state index contributed by atoms with van der Waals surface area (Å²) in [7, 11) is 0. The summed E-state index contributed by atoms with van der Waals surface area (Å²) in [5.41, 5.74) is 1.04. The van der Waals surface area contributed by atoms with Crippen molar-refractivity contribution in [3.8, 4) is 0 Å². The van der Waals surface area contributed by atoms with E-state index in [0.717, 1.165) is 18.5 Å². The lowest BCUT2D eigenvalue weighted by molar-refractivity contribution is 0.109. The van der Waals surface area contributed by atoms with Crippen molar-refractivity contribution in [1.29, 1.82) is 0 Å². The number of nitrogens with zero attached hydrogens (tertiary/aromatic N) is 1. The van der Waals surface area contributed by atoms with Crippen molar-refractivity contribution < 1.29 is 5.11 Å². The fourth-order valence-electron chi connectivity index (χ4n) is 2.62. The molecule has 2 unspecified atom stereocenters. The SMILES string of the molecule is CC1CCCCN1CCC(O)c1ccccc1.Cl. The summed E-state index contributed by atoms with van der Waals surface area (Å²) < 4.78 is 0. The van der Waals surface area contributed by atoms with Gasteiger partial charge in [0.1, 0.15) is 0 Å². The lowest BCUT2D eigenvalue weighted by Crippen LogP contribution is -2.38. The summed E-state index contributed by atoms with van der Waals surface area (Å²) in [6.45, 7) is 4.51. The van der Waals surface area contributed by atoms with Crippen molar-refractivity contribution in [2.24, 2.45) is 0 Å². The monoisotopic (exact) mass is 269 g/mol. The van der Waals surface area contributed by atoms with Crippen molar-refractivity contribution in [3.05, 3.63) is 35.9 Å². The van der Waals surface area contributed by atoms with E-state index in [2.05, 4.69) is 11.8 Å². The Morgan fingerprint density at radius 1 is 1.28 bits per heavy atom. The normalized spacial score (nSPS) is 22.2. The number of likely N-dealkylation sites (tertiary alicyclic amines) is 1. The molecule has 0 spiro atoms. The molecule has 2 nitrogen and oxygen atoms in total. The summed E-state index contributed by atoms with van der Waals surface area (Å²) in [5, 5.41) is 10.1. The van der Waals surface area contributed by atoms with Crippen molar-refractivity contribution in [2.75, 3.05) is 13.1 Å². The number of piperidine rings is 1. The van der Waals surface area contributed by atoms with E-state index >= 15 is 0 Å². The van der Waals surface area contributed by atoms with Crippen LogP contribution in [0.5, 0.6) is 0 Å². The summed E-state index contributed by atoms with van der Waals surface area (Å²) in [5.74, 6) is 0. The number of halogens is 1. The third kappa shape index (κ3) is 4.27. The maximum Gasteiger partial charge on any atom is 0.0802 e. The van der Waals surface area contributed by atoms with Crippen LogP contribution >= 0.6 is 12.4 Å². The molecule has 1 heterocycles. The van der Waals surface area contributed by atoms with Gasteiger partial charge in [0.25, 0.3) is 0 Å². The van der Waals surface area contributed by atoms with Gasteiger partial charge in [0.05, 0.1) is 6.10 Å². The zero-order valence-corrected chi connectivity index (χ0v) is 11.9. The van der Waals surface area contributed by atoms with Gasteiger partial charge in [-0.1, -0.05) is 36.8 Å². The molecule has 2 rings (SSSR count). The van der Waals surface area contributed by atoms with E-state index in [1.54, 1.807) is 0 Å². The highest BCUT2D eigenvalue weighted by Gasteiger charge is 2.18. The van der Waals surface area contributed by atoms with E-state index in [9.17, 15) is 5.11 Å². The van der Waals surface area contributed by atoms with Gasteiger partial charge in [0.2, 0.25) is 0 Å². The average Bonchev–Trinajstić information content (AvgIpc) is 2.38. The molecule has 1 N–H and O–H groups in total. The van der Waals surface area contributed by atoms with E-state index in [4.69, 9.17) is 0 Å². The van der Waals surface area contributed by atoms with Crippen molar-refractivity contribution in [2.45, 2.75) is 44.8 Å². The number of aliphatic hydroxyl groups excluding tert-OH is 1. The van der Waals surface area contributed by atoms with E-state index < -0.39 is 0 Å². The Balaban J connectivity index is 0.00000162. The van der Waals surface area contributed by atoms with Crippen LogP contribution in [0, 0.1) is 0 Å². The number of hydrogen-bond donors (Lipinski definition) is 1. The Hall–Kier alpha value is -0.570. The average molecular weight is 270 g/mol. The minimum atomic E-state index is -0.315. The van der Waals surface area contributed by atoms with Gasteiger partial charge in [0.15, 0.2) is 0 Å². The summed E-state index contributed by atoms with van der Waals surface area (Å²) in [4.78, 5) is 2.51. The van der Waals surface area contributed by atoms with E-state index in [-0.39, 0.29) is 18.5 Å². The van der Waals surface area contributed by atoms with Gasteiger partial charge in [-0.05, 0) is 38.3 Å². The quantitative estimate of drug-likeness (QED) is 0.906. The maximum absolute atomic E-state index is 10.1. The zero-order chi connectivity index (χ0) is 12.1. The van der Waals surface area contributed by atoms with Gasteiger partial charge in [-0.25, -0.2) is 0 Å². The van der Waals surface area contributed by atoms with E-state index in [0.29, 0.717) is 6.04 Å². The fraction of sp³-hybridized carbons (Fsp3) is 0.600. The molecule has 0 bridgehead atoms. The molecule has 0 aromatic heterocycles. The molecule has 1 aromatic rings. The van der Waals surface area contributed by atoms with Gasteiger partial charge in [-0.2, -0.15) is 0 Å². The molecule has 102 valence electrons. The molecule has 1 aliphatic rings. The topological polar surface area (TPSA) is 23.5 Å². The molecule has 0 radical (unpaired) electrons. The van der Waals surface area contributed by atoms with E-state index in [1.165, 1.54) is 25.8 Å². The van der Waals surface area contributed by atoms with Crippen LogP contribution in [0.1, 0.15) is 44.3 Å². The molecule has 0 saturated carbocycles. The largest absolute Gasteiger partial charge is 0.388 e. The minimum absolute atomic E-state index is 0. The maximum atomic E-state index is 10.1. The Labute approximate surface area is 116 Å². The molecule has 1 saturated heterocycles. The molecule has 0 aliphatic carbocycles. The van der Waals surface area contributed by atoms with Crippen molar-refractivity contribution in [1.82, 2.24) is 4.90 Å². The van der Waals surface area contributed by atoms with E-state index in [1.807, 2.05) is 30.3 Å². The van der Waals surface area contributed by atoms with Crippen molar-refractivity contribution in [3.63, 3.8) is 0 Å². The number of aliphatic hydroxyl groups is 1. The van der Waals surface area contributed by atoms with Crippen LogP contribution in [0.4, 0.5) is 0 Å². The molecule has 2 atom stereocenters. The Morgan fingerprint density at radius 3 is 2.67 bits per heavy atom. The second-order valence-corrected chi connectivity index (χ2v) is 5.10. The first-order valence-electron chi connectivity index (χ1n) is 6.74. The zero-order valence-electron chi connectivity index (χ0n) is 11.1. The molecule has 3 heteroatoms. The second kappa shape index (κ2) is 7.78. The number of hydrogen-bond acceptors (Lipinski definition) is 2. The standard InChI is InChI=1S/C15H23NO.ClH/c1-13-7-5-6-11-16(13)12-10-15(17)14-8-3-2-4-9-14;/h2-4,8-9,13,15,17H,5-7,10-12H2,1H3;1H. The van der Waals surface area contributed by atoms with Crippen LogP contribution in [-0.2, 0) is 0 Å². The molecular weight excluding hydrogens is 246 g/mol. The third-order valence-corrected chi connectivity index (χ3v) is 3.81. The number of rotatable bonds is 4. The van der Waals surface area contributed by atoms with Crippen LogP contribution in [0.15, 0.2) is 30.3 Å². The summed E-state index contributed by atoms with van der Waals surface area (Å²) in [6, 6.07) is 10.7. The fourth-order valence-corrected chi connectivity index (χ4v) is 2.62. The lowest BCUT2D eigenvalue weighted by atomic mass is 10.0. The first-order chi connectivity index (χ1) is 8.27.